The summed E-state index contributed by atoms with van der Waals surface area (Å²) in [7, 11) is -1.11. The maximum atomic E-state index is 11.1. The van der Waals surface area contributed by atoms with Gasteiger partial charge in [0.1, 0.15) is 0 Å². The molecule has 0 spiro atoms. The van der Waals surface area contributed by atoms with Gasteiger partial charge in [0.15, 0.2) is 0 Å². The van der Waals surface area contributed by atoms with E-state index in [0.717, 1.165) is 0 Å². The van der Waals surface area contributed by atoms with Crippen molar-refractivity contribution in [2.24, 2.45) is 0 Å². The lowest BCUT2D eigenvalue weighted by molar-refractivity contribution is -0.130. The third-order valence-electron chi connectivity index (χ3n) is 1.81. The zero-order chi connectivity index (χ0) is 12.2. The van der Waals surface area contributed by atoms with Crippen LogP contribution in [0.4, 0.5) is 0 Å². The molecule has 0 aliphatic heterocycles. The predicted octanol–water partition coefficient (Wildman–Crippen LogP) is 0.229. The molecule has 0 heterocycles. The predicted molar refractivity (Wildman–Crippen MR) is 54.5 cm³/mol. The molecule has 0 radical (unpaired) electrons. The number of hydrogen-bond donors (Lipinski definition) is 1. The van der Waals surface area contributed by atoms with Crippen molar-refractivity contribution in [3.8, 4) is 0 Å². The van der Waals surface area contributed by atoms with E-state index in [1.807, 2.05) is 25.9 Å². The van der Waals surface area contributed by atoms with Crippen LogP contribution in [0.15, 0.2) is 11.6 Å². The number of hydrogen-bond acceptors (Lipinski definition) is 5. The lowest BCUT2D eigenvalue weighted by atomic mass is 10.2. The van der Waals surface area contributed by atoms with Crippen LogP contribution in [0.1, 0.15) is 13.8 Å². The van der Waals surface area contributed by atoms with Gasteiger partial charge in [0, 0.05) is 11.6 Å². The van der Waals surface area contributed by atoms with E-state index in [2.05, 4.69) is 4.18 Å². The van der Waals surface area contributed by atoms with Crippen LogP contribution in [0.25, 0.3) is 0 Å². The van der Waals surface area contributed by atoms with E-state index < -0.39 is 16.4 Å². The first-order valence-electron chi connectivity index (χ1n) is 4.19. The van der Waals surface area contributed by atoms with Gasteiger partial charge in [-0.05, 0) is 27.9 Å². The van der Waals surface area contributed by atoms with Gasteiger partial charge in [0.25, 0.3) is 0 Å². The summed E-state index contributed by atoms with van der Waals surface area (Å²) < 4.78 is 32.5. The minimum Gasteiger partial charge on any atom is -0.321 e. The fourth-order valence-corrected chi connectivity index (χ4v) is 1.06. The molecule has 0 saturated carbocycles. The summed E-state index contributed by atoms with van der Waals surface area (Å²) in [4.78, 5) is 12.9. The summed E-state index contributed by atoms with van der Waals surface area (Å²) in [5.74, 6) is -1.08. The SMILES string of the molecule is C/C(=C\C(C)N(C)C)C(=O)OS(=O)(=O)O. The lowest BCUT2D eigenvalue weighted by Gasteiger charge is -2.16. The highest BCUT2D eigenvalue weighted by molar-refractivity contribution is 7.81. The summed E-state index contributed by atoms with van der Waals surface area (Å²) in [6.07, 6.45) is 1.54. The molecule has 6 nitrogen and oxygen atoms in total. The summed E-state index contributed by atoms with van der Waals surface area (Å²) in [6, 6.07) is -0.0426. The summed E-state index contributed by atoms with van der Waals surface area (Å²) >= 11 is 0. The molecule has 0 rings (SSSR count). The lowest BCUT2D eigenvalue weighted by Crippen LogP contribution is -2.23. The molecule has 1 unspecified atom stereocenters. The van der Waals surface area contributed by atoms with Crippen molar-refractivity contribution in [3.05, 3.63) is 11.6 Å². The van der Waals surface area contributed by atoms with Gasteiger partial charge in [0.05, 0.1) is 0 Å². The first kappa shape index (κ1) is 14.1. The number of carbonyl (C=O) groups excluding carboxylic acids is 1. The van der Waals surface area contributed by atoms with E-state index in [-0.39, 0.29) is 11.6 Å². The molecule has 0 amide bonds. The number of nitrogens with zero attached hydrogens (tertiary/aromatic N) is 1. The smallest absolute Gasteiger partial charge is 0.321 e. The second-order valence-corrected chi connectivity index (χ2v) is 4.37. The fourth-order valence-electron chi connectivity index (χ4n) is 0.740. The minimum absolute atomic E-state index is 0.0426. The third-order valence-corrected chi connectivity index (χ3v) is 2.17. The second-order valence-electron chi connectivity index (χ2n) is 3.35. The molecule has 15 heavy (non-hydrogen) atoms. The van der Waals surface area contributed by atoms with E-state index in [1.54, 1.807) is 0 Å². The molecule has 0 fully saturated rings. The van der Waals surface area contributed by atoms with Crippen LogP contribution < -0.4 is 0 Å². The topological polar surface area (TPSA) is 83.9 Å². The molecule has 1 N–H and O–H groups in total. The molecular weight excluding hydrogens is 222 g/mol. The second kappa shape index (κ2) is 5.24. The van der Waals surface area contributed by atoms with E-state index in [4.69, 9.17) is 4.55 Å². The van der Waals surface area contributed by atoms with Gasteiger partial charge in [-0.2, -0.15) is 8.42 Å². The highest BCUT2D eigenvalue weighted by Gasteiger charge is 2.15. The standard InChI is InChI=1S/C8H15NO5S/c1-6(5-7(2)9(3)4)8(10)14-15(11,12)13/h5,7H,1-4H3,(H,11,12,13)/b6-5+. The average Bonchev–Trinajstić information content (AvgIpc) is 2.00. The largest absolute Gasteiger partial charge is 0.449 e. The molecule has 0 aliphatic carbocycles. The zero-order valence-electron chi connectivity index (χ0n) is 9.09. The van der Waals surface area contributed by atoms with Crippen molar-refractivity contribution in [1.82, 2.24) is 4.90 Å². The van der Waals surface area contributed by atoms with E-state index in [1.165, 1.54) is 13.0 Å². The first-order chi connectivity index (χ1) is 6.63. The Bertz CT molecular complexity index is 357. The maximum absolute atomic E-state index is 11.1. The van der Waals surface area contributed by atoms with Crippen LogP contribution in [0, 0.1) is 0 Å². The quantitative estimate of drug-likeness (QED) is 0.556. The van der Waals surface area contributed by atoms with E-state index >= 15 is 0 Å². The van der Waals surface area contributed by atoms with Gasteiger partial charge in [0.2, 0.25) is 0 Å². The number of rotatable bonds is 4. The van der Waals surface area contributed by atoms with E-state index in [9.17, 15) is 13.2 Å². The molecule has 0 aliphatic rings. The van der Waals surface area contributed by atoms with Gasteiger partial charge in [-0.25, -0.2) is 4.79 Å². The Hall–Kier alpha value is -0.920. The summed E-state index contributed by atoms with van der Waals surface area (Å²) in [5.41, 5.74) is 0.119. The molecule has 88 valence electrons. The fraction of sp³-hybridized carbons (Fsp3) is 0.625. The third kappa shape index (κ3) is 6.21. The van der Waals surface area contributed by atoms with Crippen LogP contribution in [-0.2, 0) is 19.4 Å². The first-order valence-corrected chi connectivity index (χ1v) is 5.56. The number of likely N-dealkylation sites (N-methyl/N-ethyl adjacent to an activating group) is 1. The van der Waals surface area contributed by atoms with Gasteiger partial charge in [-0.3, -0.25) is 4.55 Å². The van der Waals surface area contributed by atoms with Crippen LogP contribution in [0.3, 0.4) is 0 Å². The van der Waals surface area contributed by atoms with Crippen molar-refractivity contribution >= 4 is 16.4 Å². The molecule has 0 saturated heterocycles. The Morgan fingerprint density at radius 1 is 1.47 bits per heavy atom. The molecule has 0 bridgehead atoms. The van der Waals surface area contributed by atoms with Crippen LogP contribution in [-0.4, -0.2) is 44.0 Å². The molecule has 0 aromatic carbocycles. The van der Waals surface area contributed by atoms with Crippen LogP contribution >= 0.6 is 0 Å². The highest BCUT2D eigenvalue weighted by Crippen LogP contribution is 2.04. The van der Waals surface area contributed by atoms with Crippen LogP contribution in [0.2, 0.25) is 0 Å². The highest BCUT2D eigenvalue weighted by atomic mass is 32.3. The Balaban J connectivity index is 4.59. The van der Waals surface area contributed by atoms with Gasteiger partial charge < -0.3 is 9.08 Å². The Kier molecular flexibility index (Phi) is 4.92. The number of carbonyl (C=O) groups is 1. The Morgan fingerprint density at radius 2 is 1.93 bits per heavy atom. The minimum atomic E-state index is -4.73. The van der Waals surface area contributed by atoms with Crippen molar-refractivity contribution in [1.29, 1.82) is 0 Å². The molecule has 0 aromatic heterocycles. The summed E-state index contributed by atoms with van der Waals surface area (Å²) in [5, 5.41) is 0. The van der Waals surface area contributed by atoms with Crippen LogP contribution in [0.5, 0.6) is 0 Å². The van der Waals surface area contributed by atoms with E-state index in [0.29, 0.717) is 0 Å². The molecular formula is C8H15NO5S. The van der Waals surface area contributed by atoms with Crippen molar-refractivity contribution in [3.63, 3.8) is 0 Å². The van der Waals surface area contributed by atoms with Crippen molar-refractivity contribution < 1.29 is 21.9 Å². The maximum Gasteiger partial charge on any atom is 0.449 e. The Labute approximate surface area is 89.5 Å². The van der Waals surface area contributed by atoms with Gasteiger partial charge in [-0.1, -0.05) is 6.08 Å². The Morgan fingerprint density at radius 3 is 2.27 bits per heavy atom. The molecule has 0 aromatic rings. The van der Waals surface area contributed by atoms with Gasteiger partial charge >= 0.3 is 16.4 Å². The molecule has 7 heteroatoms. The van der Waals surface area contributed by atoms with Gasteiger partial charge in [-0.15, -0.1) is 0 Å². The van der Waals surface area contributed by atoms with Crippen molar-refractivity contribution in [2.45, 2.75) is 19.9 Å². The molecule has 1 atom stereocenters. The monoisotopic (exact) mass is 237 g/mol. The normalized spacial score (nSPS) is 15.2. The average molecular weight is 237 g/mol. The zero-order valence-corrected chi connectivity index (χ0v) is 9.91. The summed E-state index contributed by atoms with van der Waals surface area (Å²) in [6.45, 7) is 3.23. The van der Waals surface area contributed by atoms with Crippen molar-refractivity contribution in [2.75, 3.05) is 14.1 Å².